The monoisotopic (exact) mass is 304 g/mol. The van der Waals surface area contributed by atoms with Crippen LogP contribution in [0.15, 0.2) is 18.2 Å². The molecule has 0 radical (unpaired) electrons. The smallest absolute Gasteiger partial charge is 0.338 e. The van der Waals surface area contributed by atoms with E-state index in [1.807, 2.05) is 32.2 Å². The lowest BCUT2D eigenvalue weighted by Gasteiger charge is -2.23. The molecule has 0 bridgehead atoms. The summed E-state index contributed by atoms with van der Waals surface area (Å²) in [7, 11) is 1.88. The first kappa shape index (κ1) is 16.7. The van der Waals surface area contributed by atoms with Crippen molar-refractivity contribution in [2.45, 2.75) is 57.9 Å². The molecule has 1 aliphatic carbocycles. The van der Waals surface area contributed by atoms with Gasteiger partial charge in [-0.15, -0.1) is 0 Å². The average Bonchev–Trinajstić information content (AvgIpc) is 2.50. The maximum atomic E-state index is 11.8. The van der Waals surface area contributed by atoms with Gasteiger partial charge in [0, 0.05) is 13.1 Å². The van der Waals surface area contributed by atoms with E-state index in [1.54, 1.807) is 0 Å². The fourth-order valence-corrected chi connectivity index (χ4v) is 3.04. The maximum absolute atomic E-state index is 11.8. The molecule has 1 saturated carbocycles. The fraction of sp³-hybridized carbons (Fsp3) is 0.611. The van der Waals surface area contributed by atoms with E-state index in [-0.39, 0.29) is 5.97 Å². The number of anilines is 2. The second kappa shape index (κ2) is 8.66. The summed E-state index contributed by atoms with van der Waals surface area (Å²) in [5.41, 5.74) is 2.61. The lowest BCUT2D eigenvalue weighted by Crippen LogP contribution is -2.21. The zero-order chi connectivity index (χ0) is 15.8. The Kier molecular flexibility index (Phi) is 6.56. The molecule has 2 rings (SSSR count). The molecule has 1 aromatic carbocycles. The Bertz CT molecular complexity index is 480. The van der Waals surface area contributed by atoms with Crippen LogP contribution in [0.3, 0.4) is 0 Å². The van der Waals surface area contributed by atoms with Crippen molar-refractivity contribution in [2.75, 3.05) is 24.3 Å². The van der Waals surface area contributed by atoms with Crippen LogP contribution in [0.25, 0.3) is 0 Å². The molecule has 0 heterocycles. The number of benzene rings is 1. The second-order valence-electron chi connectivity index (χ2n) is 5.92. The van der Waals surface area contributed by atoms with Gasteiger partial charge >= 0.3 is 5.97 Å². The minimum atomic E-state index is -0.267. The predicted octanol–water partition coefficient (Wildman–Crippen LogP) is 4.43. The first-order valence-corrected chi connectivity index (χ1v) is 8.50. The molecule has 1 aromatic rings. The average molecular weight is 304 g/mol. The Morgan fingerprint density at radius 2 is 1.82 bits per heavy atom. The van der Waals surface area contributed by atoms with Gasteiger partial charge in [0.2, 0.25) is 0 Å². The van der Waals surface area contributed by atoms with Gasteiger partial charge in [0.05, 0.1) is 23.5 Å². The van der Waals surface area contributed by atoms with E-state index in [9.17, 15) is 4.79 Å². The third kappa shape index (κ3) is 4.65. The largest absolute Gasteiger partial charge is 0.462 e. The van der Waals surface area contributed by atoms with Gasteiger partial charge in [-0.1, -0.05) is 32.1 Å². The molecule has 0 unspecified atom stereocenters. The SMILES string of the molecule is CCOC(=O)c1ccc(NC2CCCCCCC2)c(NC)c1. The van der Waals surface area contributed by atoms with E-state index in [4.69, 9.17) is 4.74 Å². The van der Waals surface area contributed by atoms with E-state index in [1.165, 1.54) is 44.9 Å². The molecule has 0 amide bonds. The van der Waals surface area contributed by atoms with Gasteiger partial charge < -0.3 is 15.4 Å². The normalized spacial score (nSPS) is 16.5. The van der Waals surface area contributed by atoms with Crippen molar-refractivity contribution >= 4 is 17.3 Å². The summed E-state index contributed by atoms with van der Waals surface area (Å²) < 4.78 is 5.06. The van der Waals surface area contributed by atoms with Gasteiger partial charge in [-0.25, -0.2) is 4.79 Å². The molecule has 22 heavy (non-hydrogen) atoms. The van der Waals surface area contributed by atoms with Crippen LogP contribution in [0.4, 0.5) is 11.4 Å². The molecule has 0 aromatic heterocycles. The number of rotatable bonds is 5. The molecule has 2 N–H and O–H groups in total. The Morgan fingerprint density at radius 3 is 2.45 bits per heavy atom. The summed E-state index contributed by atoms with van der Waals surface area (Å²) in [6, 6.07) is 6.21. The number of hydrogen-bond donors (Lipinski definition) is 2. The van der Waals surface area contributed by atoms with Crippen LogP contribution >= 0.6 is 0 Å². The van der Waals surface area contributed by atoms with Crippen molar-refractivity contribution < 1.29 is 9.53 Å². The van der Waals surface area contributed by atoms with Crippen LogP contribution in [-0.2, 0) is 4.74 Å². The number of carbonyl (C=O) groups is 1. The van der Waals surface area contributed by atoms with Crippen molar-refractivity contribution in [3.05, 3.63) is 23.8 Å². The quantitative estimate of drug-likeness (QED) is 0.790. The Balaban J connectivity index is 2.07. The molecular formula is C18H28N2O2. The van der Waals surface area contributed by atoms with Gasteiger partial charge in [0.25, 0.3) is 0 Å². The van der Waals surface area contributed by atoms with Crippen molar-refractivity contribution in [1.29, 1.82) is 0 Å². The molecule has 4 heteroatoms. The van der Waals surface area contributed by atoms with Crippen LogP contribution in [0, 0.1) is 0 Å². The van der Waals surface area contributed by atoms with Gasteiger partial charge in [0.1, 0.15) is 0 Å². The summed E-state index contributed by atoms with van der Waals surface area (Å²) in [6.07, 6.45) is 9.12. The molecule has 1 aliphatic rings. The molecule has 122 valence electrons. The summed E-state index contributed by atoms with van der Waals surface area (Å²) in [5, 5.41) is 6.83. The highest BCUT2D eigenvalue weighted by Crippen LogP contribution is 2.27. The van der Waals surface area contributed by atoms with E-state index in [0.717, 1.165) is 11.4 Å². The number of hydrogen-bond acceptors (Lipinski definition) is 4. The van der Waals surface area contributed by atoms with E-state index >= 15 is 0 Å². The minimum absolute atomic E-state index is 0.267. The lowest BCUT2D eigenvalue weighted by atomic mass is 9.96. The van der Waals surface area contributed by atoms with Crippen LogP contribution < -0.4 is 10.6 Å². The zero-order valence-corrected chi connectivity index (χ0v) is 13.8. The molecule has 1 fully saturated rings. The molecule has 4 nitrogen and oxygen atoms in total. The summed E-state index contributed by atoms with van der Waals surface area (Å²) in [6.45, 7) is 2.22. The fourth-order valence-electron chi connectivity index (χ4n) is 3.04. The molecule has 0 spiro atoms. The Morgan fingerprint density at radius 1 is 1.14 bits per heavy atom. The number of carbonyl (C=O) groups excluding carboxylic acids is 1. The van der Waals surface area contributed by atoms with Crippen molar-refractivity contribution in [1.82, 2.24) is 0 Å². The Labute approximate surface area is 133 Å². The standard InChI is InChI=1S/C18H28N2O2/c1-3-22-18(21)14-11-12-16(17(13-14)19-2)20-15-9-7-5-4-6-8-10-15/h11-13,15,19-20H,3-10H2,1-2H3. The second-order valence-corrected chi connectivity index (χ2v) is 5.92. The van der Waals surface area contributed by atoms with Gasteiger partial charge in [-0.2, -0.15) is 0 Å². The topological polar surface area (TPSA) is 50.4 Å². The summed E-state index contributed by atoms with van der Waals surface area (Å²) >= 11 is 0. The zero-order valence-electron chi connectivity index (χ0n) is 13.8. The minimum Gasteiger partial charge on any atom is -0.462 e. The molecule has 0 saturated heterocycles. The van der Waals surface area contributed by atoms with Crippen molar-refractivity contribution in [2.24, 2.45) is 0 Å². The van der Waals surface area contributed by atoms with Crippen molar-refractivity contribution in [3.8, 4) is 0 Å². The van der Waals surface area contributed by atoms with Gasteiger partial charge in [0.15, 0.2) is 0 Å². The lowest BCUT2D eigenvalue weighted by molar-refractivity contribution is 0.0526. The summed E-state index contributed by atoms with van der Waals surface area (Å²) in [4.78, 5) is 11.8. The van der Waals surface area contributed by atoms with E-state index in [0.29, 0.717) is 18.2 Å². The Hall–Kier alpha value is -1.71. The highest BCUT2D eigenvalue weighted by molar-refractivity contribution is 5.92. The summed E-state index contributed by atoms with van der Waals surface area (Å²) in [5.74, 6) is -0.267. The van der Waals surface area contributed by atoms with E-state index in [2.05, 4.69) is 10.6 Å². The first-order valence-electron chi connectivity index (χ1n) is 8.50. The highest BCUT2D eigenvalue weighted by atomic mass is 16.5. The number of nitrogens with one attached hydrogen (secondary N) is 2. The van der Waals surface area contributed by atoms with Gasteiger partial charge in [-0.05, 0) is 38.0 Å². The predicted molar refractivity (Wildman–Crippen MR) is 91.7 cm³/mol. The van der Waals surface area contributed by atoms with Gasteiger partial charge in [-0.3, -0.25) is 0 Å². The maximum Gasteiger partial charge on any atom is 0.338 e. The van der Waals surface area contributed by atoms with Crippen LogP contribution in [0.1, 0.15) is 62.2 Å². The number of esters is 1. The molecule has 0 atom stereocenters. The molecular weight excluding hydrogens is 276 g/mol. The third-order valence-corrected chi connectivity index (χ3v) is 4.26. The number of ether oxygens (including phenoxy) is 1. The highest BCUT2D eigenvalue weighted by Gasteiger charge is 2.14. The molecule has 0 aliphatic heterocycles. The van der Waals surface area contributed by atoms with Crippen LogP contribution in [0.5, 0.6) is 0 Å². The van der Waals surface area contributed by atoms with Crippen LogP contribution in [-0.4, -0.2) is 25.7 Å². The van der Waals surface area contributed by atoms with Crippen molar-refractivity contribution in [3.63, 3.8) is 0 Å². The first-order chi connectivity index (χ1) is 10.7. The van der Waals surface area contributed by atoms with E-state index < -0.39 is 0 Å². The van der Waals surface area contributed by atoms with Crippen LogP contribution in [0.2, 0.25) is 0 Å². The third-order valence-electron chi connectivity index (χ3n) is 4.26.